The normalized spacial score (nSPS) is 14.6. The lowest BCUT2D eigenvalue weighted by Gasteiger charge is -2.28. The lowest BCUT2D eigenvalue weighted by atomic mass is 9.98. The molecule has 18 heavy (non-hydrogen) atoms. The summed E-state index contributed by atoms with van der Waals surface area (Å²) in [5.41, 5.74) is 13.7. The molecule has 4 N–H and O–H groups in total. The summed E-state index contributed by atoms with van der Waals surface area (Å²) in [4.78, 5) is 25.0. The van der Waals surface area contributed by atoms with E-state index in [0.29, 0.717) is 25.1 Å². The fourth-order valence-corrected chi connectivity index (χ4v) is 2.18. The molecule has 1 aromatic carbocycles. The fourth-order valence-electron chi connectivity index (χ4n) is 2.18. The Labute approximate surface area is 106 Å². The van der Waals surface area contributed by atoms with Gasteiger partial charge in [0.1, 0.15) is 0 Å². The second-order valence-electron chi connectivity index (χ2n) is 4.33. The molecule has 2 rings (SSSR count). The molecular weight excluding hydrogens is 230 g/mol. The first-order chi connectivity index (χ1) is 8.67. The number of benzene rings is 1. The molecule has 0 unspecified atom stereocenters. The number of aryl methyl sites for hydroxylation is 1. The van der Waals surface area contributed by atoms with Crippen molar-refractivity contribution >= 4 is 17.5 Å². The molecule has 0 aliphatic carbocycles. The van der Waals surface area contributed by atoms with Gasteiger partial charge in [0, 0.05) is 25.9 Å². The first kappa shape index (κ1) is 12.7. The molecule has 5 nitrogen and oxygen atoms in total. The van der Waals surface area contributed by atoms with Gasteiger partial charge < -0.3 is 11.5 Å². The minimum Gasteiger partial charge on any atom is -0.330 e. The van der Waals surface area contributed by atoms with Crippen molar-refractivity contribution < 1.29 is 9.59 Å². The molecule has 2 amide bonds. The number of nitrogens with two attached hydrogens (primary N) is 2. The predicted octanol–water partition coefficient (Wildman–Crippen LogP) is 0.300. The number of rotatable bonds is 3. The number of hydrogen-bond donors (Lipinski definition) is 2. The average Bonchev–Trinajstić information content (AvgIpc) is 2.38. The monoisotopic (exact) mass is 247 g/mol. The van der Waals surface area contributed by atoms with Gasteiger partial charge in [-0.15, -0.1) is 0 Å². The van der Waals surface area contributed by atoms with Gasteiger partial charge in [-0.1, -0.05) is 12.1 Å². The van der Waals surface area contributed by atoms with Gasteiger partial charge in [-0.2, -0.15) is 0 Å². The molecule has 0 aromatic heterocycles. The number of nitrogens with zero attached hydrogens (tertiary/aromatic N) is 1. The number of carbonyl (C=O) groups is 2. The molecule has 96 valence electrons. The number of fused-ring (bicyclic) bond motifs is 1. The molecule has 0 atom stereocenters. The predicted molar refractivity (Wildman–Crippen MR) is 68.8 cm³/mol. The highest BCUT2D eigenvalue weighted by Gasteiger charge is 2.28. The summed E-state index contributed by atoms with van der Waals surface area (Å²) in [7, 11) is 0. The molecule has 0 fully saturated rings. The molecule has 0 bridgehead atoms. The van der Waals surface area contributed by atoms with E-state index in [1.807, 2.05) is 12.1 Å². The summed E-state index contributed by atoms with van der Waals surface area (Å²) in [5, 5.41) is 0. The van der Waals surface area contributed by atoms with Crippen molar-refractivity contribution in [2.24, 2.45) is 11.5 Å². The number of anilines is 1. The average molecular weight is 247 g/mol. The van der Waals surface area contributed by atoms with Gasteiger partial charge in [-0.3, -0.25) is 14.5 Å². The first-order valence-electron chi connectivity index (χ1n) is 6.05. The smallest absolute Gasteiger partial charge is 0.235 e. The summed E-state index contributed by atoms with van der Waals surface area (Å²) in [6, 6.07) is 5.60. The van der Waals surface area contributed by atoms with E-state index in [2.05, 4.69) is 0 Å². The second-order valence-corrected chi connectivity index (χ2v) is 4.33. The highest BCUT2D eigenvalue weighted by molar-refractivity contribution is 6.16. The number of carbonyl (C=O) groups excluding carboxylic acids is 2. The van der Waals surface area contributed by atoms with Crippen LogP contribution in [0.25, 0.3) is 0 Å². The Morgan fingerprint density at radius 1 is 1.28 bits per heavy atom. The van der Waals surface area contributed by atoms with Crippen LogP contribution in [0.3, 0.4) is 0 Å². The highest BCUT2D eigenvalue weighted by Crippen LogP contribution is 2.29. The van der Waals surface area contributed by atoms with Crippen molar-refractivity contribution in [2.45, 2.75) is 25.8 Å². The van der Waals surface area contributed by atoms with E-state index in [1.54, 1.807) is 6.07 Å². The number of imide groups is 1. The quantitative estimate of drug-likeness (QED) is 0.804. The van der Waals surface area contributed by atoms with E-state index < -0.39 is 0 Å². The summed E-state index contributed by atoms with van der Waals surface area (Å²) in [6.45, 7) is 0.705. The van der Waals surface area contributed by atoms with Crippen LogP contribution in [0.15, 0.2) is 18.2 Å². The minimum atomic E-state index is -0.232. The van der Waals surface area contributed by atoms with E-state index in [0.717, 1.165) is 11.1 Å². The van der Waals surface area contributed by atoms with E-state index in [1.165, 1.54) is 4.90 Å². The van der Waals surface area contributed by atoms with Crippen LogP contribution in [0.1, 0.15) is 24.0 Å². The Kier molecular flexibility index (Phi) is 3.74. The molecule has 5 heteroatoms. The van der Waals surface area contributed by atoms with Crippen LogP contribution in [0.5, 0.6) is 0 Å². The molecule has 0 saturated heterocycles. The van der Waals surface area contributed by atoms with Crippen LogP contribution >= 0.6 is 0 Å². The van der Waals surface area contributed by atoms with Crippen LogP contribution < -0.4 is 16.4 Å². The zero-order chi connectivity index (χ0) is 13.1. The van der Waals surface area contributed by atoms with E-state index in [-0.39, 0.29) is 24.8 Å². The Morgan fingerprint density at radius 2 is 2.06 bits per heavy atom. The third-order valence-corrected chi connectivity index (χ3v) is 3.09. The van der Waals surface area contributed by atoms with Crippen molar-refractivity contribution in [3.05, 3.63) is 29.3 Å². The maximum Gasteiger partial charge on any atom is 0.235 e. The maximum atomic E-state index is 11.9. The van der Waals surface area contributed by atoms with Crippen LogP contribution in [0, 0.1) is 0 Å². The Balaban J connectivity index is 2.38. The summed E-state index contributed by atoms with van der Waals surface area (Å²) in [6.07, 6.45) is 1.20. The van der Waals surface area contributed by atoms with Gasteiger partial charge in [-0.05, 0) is 23.6 Å². The first-order valence-corrected chi connectivity index (χ1v) is 6.05. The standard InChI is InChI=1S/C13H17N3O2/c14-6-5-13(18)16-11-3-1-9(8-15)7-10(11)2-4-12(16)17/h1,3,7H,2,4-6,8,14-15H2. The highest BCUT2D eigenvalue weighted by atomic mass is 16.2. The van der Waals surface area contributed by atoms with Crippen LogP contribution in [-0.4, -0.2) is 18.4 Å². The van der Waals surface area contributed by atoms with Crippen molar-refractivity contribution in [2.75, 3.05) is 11.4 Å². The van der Waals surface area contributed by atoms with Gasteiger partial charge in [0.25, 0.3) is 0 Å². The molecular formula is C13H17N3O2. The number of hydrogen-bond acceptors (Lipinski definition) is 4. The zero-order valence-corrected chi connectivity index (χ0v) is 10.2. The van der Waals surface area contributed by atoms with E-state index >= 15 is 0 Å². The molecule has 1 heterocycles. The van der Waals surface area contributed by atoms with Gasteiger partial charge in [-0.25, -0.2) is 0 Å². The van der Waals surface area contributed by atoms with Gasteiger partial charge in [0.05, 0.1) is 5.69 Å². The molecule has 0 saturated carbocycles. The molecule has 0 spiro atoms. The fraction of sp³-hybridized carbons (Fsp3) is 0.385. The molecule has 1 aliphatic heterocycles. The maximum absolute atomic E-state index is 11.9. The minimum absolute atomic E-state index is 0.151. The largest absolute Gasteiger partial charge is 0.330 e. The van der Waals surface area contributed by atoms with E-state index in [4.69, 9.17) is 11.5 Å². The van der Waals surface area contributed by atoms with Gasteiger partial charge in [0.15, 0.2) is 0 Å². The van der Waals surface area contributed by atoms with E-state index in [9.17, 15) is 9.59 Å². The Morgan fingerprint density at radius 3 is 2.72 bits per heavy atom. The molecule has 1 aliphatic rings. The Hall–Kier alpha value is -1.72. The summed E-state index contributed by atoms with van der Waals surface area (Å²) < 4.78 is 0. The SMILES string of the molecule is NCCC(=O)N1C(=O)CCc2cc(CN)ccc21. The lowest BCUT2D eigenvalue weighted by Crippen LogP contribution is -2.41. The molecule has 1 aromatic rings. The summed E-state index contributed by atoms with van der Waals surface area (Å²) in [5.74, 6) is -0.384. The summed E-state index contributed by atoms with van der Waals surface area (Å²) >= 11 is 0. The van der Waals surface area contributed by atoms with Crippen molar-refractivity contribution in [1.29, 1.82) is 0 Å². The number of amides is 2. The van der Waals surface area contributed by atoms with Crippen molar-refractivity contribution in [3.63, 3.8) is 0 Å². The Bertz CT molecular complexity index is 485. The topological polar surface area (TPSA) is 89.4 Å². The zero-order valence-electron chi connectivity index (χ0n) is 10.2. The van der Waals surface area contributed by atoms with Crippen molar-refractivity contribution in [3.8, 4) is 0 Å². The van der Waals surface area contributed by atoms with Crippen molar-refractivity contribution in [1.82, 2.24) is 0 Å². The second kappa shape index (κ2) is 5.29. The van der Waals surface area contributed by atoms with Gasteiger partial charge >= 0.3 is 0 Å². The third kappa shape index (κ3) is 2.27. The van der Waals surface area contributed by atoms with Crippen LogP contribution in [-0.2, 0) is 22.6 Å². The molecule has 0 radical (unpaired) electrons. The van der Waals surface area contributed by atoms with Crippen LogP contribution in [0.4, 0.5) is 5.69 Å². The van der Waals surface area contributed by atoms with Gasteiger partial charge in [0.2, 0.25) is 11.8 Å². The third-order valence-electron chi connectivity index (χ3n) is 3.09. The van der Waals surface area contributed by atoms with Crippen LogP contribution in [0.2, 0.25) is 0 Å². The lowest BCUT2D eigenvalue weighted by molar-refractivity contribution is -0.126.